The van der Waals surface area contributed by atoms with E-state index in [9.17, 15) is 35.1 Å². The molecule has 6 atom stereocenters. The molecule has 3 heterocycles. The Bertz CT molecular complexity index is 5400. The van der Waals surface area contributed by atoms with Crippen molar-refractivity contribution in [1.82, 2.24) is 28.9 Å². The average Bonchev–Trinajstić information content (AvgIpc) is 1.61. The Morgan fingerprint density at radius 1 is 0.266 bits per heavy atom. The van der Waals surface area contributed by atoms with Crippen molar-refractivity contribution >= 4 is 87.8 Å². The fraction of sp³-hybridized carbons (Fsp3) is 0.279. The van der Waals surface area contributed by atoms with E-state index in [0.717, 1.165) is 60.9 Å². The number of aliphatic hydroxyl groups excluding tert-OH is 6. The number of halogens is 8. The third-order valence-electron chi connectivity index (χ3n) is 22.9. The molecule has 35 heteroatoms. The topological polar surface area (TPSA) is 160 Å². The zero-order valence-corrected chi connectivity index (χ0v) is 88.0. The average molecular weight is 2440 g/mol. The fourth-order valence-corrected chi connectivity index (χ4v) is 20.6. The Kier molecular flexibility index (Phi) is 40.8. The van der Waals surface area contributed by atoms with E-state index in [1.807, 2.05) is 95.0 Å². The first kappa shape index (κ1) is 111. The monoisotopic (exact) mass is 2430 g/mol. The molecule has 3 aliphatic rings. The molecule has 139 heavy (non-hydrogen) atoms. The Morgan fingerprint density at radius 3 is 0.748 bits per heavy atom. The summed E-state index contributed by atoms with van der Waals surface area (Å²) in [7, 11) is 24.1. The van der Waals surface area contributed by atoms with Crippen LogP contribution >= 0.6 is 0 Å². The van der Waals surface area contributed by atoms with Crippen molar-refractivity contribution in [3.8, 4) is 66.8 Å². The van der Waals surface area contributed by atoms with E-state index in [1.54, 1.807) is 59.7 Å². The quantitative estimate of drug-likeness (QED) is 0.0192. The summed E-state index contributed by atoms with van der Waals surface area (Å²) in [6.07, 6.45) is -9.76. The molecular weight excluding hydrogens is 2320 g/mol. The van der Waals surface area contributed by atoms with Crippen LogP contribution < -0.4 is 28.9 Å². The standard InChI is InChI=1S/C53H45B2N4.C19H19B2F6N4.C17H19B2F2N4.3C5H12O2.3Pt/c1-56(2)54-55(57(3)4)59(47-37-33-45(34-38-47)53-50(42-23-13-7-14-24-42)29-18-30-51(53)43-25-15-8-16-26-43)39-58(54)46-35-31-44(32-36-46)52-48(40-19-9-5-10-20-40)27-17-28-49(52)41-21-11-6-12-22-41;1-28(2)20-21(29(3)4)31(17-11-7-15(8-12-17)19(25,26)27)13-30(20)16-9-5-14(6-10-16)18(22,23)24;1-22(2)18-19(23(3)4)25(17-11-7-15(21)8-12-17)13-24(18)16-9-5-14(20)6-10-16;3*1-4(6)3-5(2)7;;;/h5-37H,1-4H3;5-11H,1-4H3;5-11H,1-4H3;3*4-7H,3H2,1-2H3;;;/q3*-1;;;;;;. The van der Waals surface area contributed by atoms with Crippen LogP contribution in [-0.2, 0) is 70.4 Å². The molecule has 0 aromatic heterocycles. The van der Waals surface area contributed by atoms with Gasteiger partial charge in [-0.15, -0.1) is 0 Å². The van der Waals surface area contributed by atoms with Crippen LogP contribution in [0.3, 0.4) is 0 Å². The molecule has 6 unspecified atom stereocenters. The van der Waals surface area contributed by atoms with Crippen LogP contribution in [-0.4, -0.2) is 234 Å². The van der Waals surface area contributed by atoms with Crippen LogP contribution in [0.5, 0.6) is 0 Å². The molecule has 12 aromatic rings. The first-order valence-electron chi connectivity index (χ1n) is 45.4. The van der Waals surface area contributed by atoms with Crippen LogP contribution in [0.15, 0.2) is 285 Å². The van der Waals surface area contributed by atoms with Gasteiger partial charge < -0.3 is 30.6 Å². The van der Waals surface area contributed by atoms with E-state index in [1.165, 1.54) is 104 Å². The van der Waals surface area contributed by atoms with Crippen molar-refractivity contribution in [2.24, 2.45) is 0 Å². The second-order valence-electron chi connectivity index (χ2n) is 35.8. The van der Waals surface area contributed by atoms with Gasteiger partial charge in [0.1, 0.15) is 0 Å². The minimum absolute atomic E-state index is 0.00857. The summed E-state index contributed by atoms with van der Waals surface area (Å²) in [5, 5.41) is 51.4. The number of benzene rings is 12. The van der Waals surface area contributed by atoms with Crippen LogP contribution in [0, 0.1) is 29.8 Å². The Morgan fingerprint density at radius 2 is 0.504 bits per heavy atom. The number of hydrogen-bond acceptors (Lipinski definition) is 18. The normalized spacial score (nSPS) is 14.8. The van der Waals surface area contributed by atoms with Gasteiger partial charge in [0.05, 0.1) is 36.6 Å². The Balaban J connectivity index is 0.000000210. The summed E-state index contributed by atoms with van der Waals surface area (Å²) in [6, 6.07) is 101. The Hall–Kier alpha value is -9.54. The molecule has 12 aromatic carbocycles. The summed E-state index contributed by atoms with van der Waals surface area (Å²) < 4.78 is 108. The molecule has 0 amide bonds. The Labute approximate surface area is 850 Å². The molecule has 0 aliphatic carbocycles. The number of nitrogens with zero attached hydrogens (tertiary/aromatic N) is 12. The van der Waals surface area contributed by atoms with Crippen molar-refractivity contribution in [2.45, 2.75) is 110 Å². The maximum absolute atomic E-state index is 13.4. The van der Waals surface area contributed by atoms with Gasteiger partial charge >= 0.3 is 728 Å². The molecule has 0 saturated carbocycles. The van der Waals surface area contributed by atoms with Crippen molar-refractivity contribution in [3.05, 3.63) is 326 Å². The van der Waals surface area contributed by atoms with Gasteiger partial charge in [-0.3, -0.25) is 0 Å². The number of rotatable bonds is 24. The third kappa shape index (κ3) is 28.9. The van der Waals surface area contributed by atoms with E-state index in [2.05, 4.69) is 324 Å². The molecule has 18 nitrogen and oxygen atoms in total. The SMILES string of the molecule is CC(O)CC(C)O.CC(O)CC(C)O.CC(O)CC(C)O.CN(C)B1B(N(C)C)N(c2ccc(-c3c(-c4ccccc4)cccc3-c3ccccc3)cc2)[C](=[Pt])N1c1[c-]cc(-c2c(-c3ccccc3)cccc2-c2ccccc2)cc1.CN(C)B1B(N(C)C)N(c2ccc(C(F)(F)F)cc2)[C](=[Pt])N1c1[c-]cc(C(F)(F)F)cc1.CN(C)B1B(N(C)C)N(c2ccc(F)cc2)[C](=[Pt])N1c1[c-]cc(F)cc1. The summed E-state index contributed by atoms with van der Waals surface area (Å²) in [6.45, 7) is 9.22. The molecule has 0 bridgehead atoms. The zero-order chi connectivity index (χ0) is 102. The second-order valence-corrected chi connectivity index (χ2v) is 38.9. The number of aliphatic hydroxyl groups is 6. The van der Waals surface area contributed by atoms with Crippen LogP contribution in [0.4, 0.5) is 69.2 Å². The van der Waals surface area contributed by atoms with Crippen LogP contribution in [0.25, 0.3) is 66.8 Å². The molecule has 3 aliphatic heterocycles. The third-order valence-corrected chi connectivity index (χ3v) is 26.2. The van der Waals surface area contributed by atoms with Gasteiger partial charge in [-0.05, 0) is 60.8 Å². The molecule has 0 radical (unpaired) electrons. The summed E-state index contributed by atoms with van der Waals surface area (Å²) in [5.41, 5.74) is 17.6. The molecule has 15 rings (SSSR count). The molecular formula is C104H119B6F8N12O6Pt3-3. The fourth-order valence-electron chi connectivity index (χ4n) is 17.1. The maximum atomic E-state index is 13.4. The second kappa shape index (κ2) is 50.9. The van der Waals surface area contributed by atoms with Gasteiger partial charge in [-0.1, -0.05) is 0 Å². The predicted molar refractivity (Wildman–Crippen MR) is 548 cm³/mol. The van der Waals surface area contributed by atoms with Gasteiger partial charge in [0, 0.05) is 0 Å². The number of alkyl halides is 6. The van der Waals surface area contributed by atoms with E-state index in [-0.39, 0.29) is 89.5 Å². The summed E-state index contributed by atoms with van der Waals surface area (Å²) in [4.78, 5) is 25.6. The van der Waals surface area contributed by atoms with Crippen molar-refractivity contribution < 1.29 is 124 Å². The van der Waals surface area contributed by atoms with Gasteiger partial charge in [-0.2, -0.15) is 0 Å². The minimum atomic E-state index is -4.48. The summed E-state index contributed by atoms with van der Waals surface area (Å²) in [5.74, 6) is -0.582. The molecule has 3 saturated heterocycles. The molecule has 738 valence electrons. The number of anilines is 6. The molecule has 0 spiro atoms. The van der Waals surface area contributed by atoms with E-state index < -0.39 is 23.5 Å². The van der Waals surface area contributed by atoms with Crippen LogP contribution in [0.1, 0.15) is 71.9 Å². The zero-order valence-electron chi connectivity index (χ0n) is 81.2. The molecule has 6 N–H and O–H groups in total. The molecule has 3 fully saturated rings. The first-order valence-corrected chi connectivity index (χ1v) is 48.8. The van der Waals surface area contributed by atoms with Crippen molar-refractivity contribution in [1.29, 1.82) is 0 Å². The van der Waals surface area contributed by atoms with Crippen molar-refractivity contribution in [2.75, 3.05) is 113 Å². The van der Waals surface area contributed by atoms with Crippen molar-refractivity contribution in [3.63, 3.8) is 0 Å². The number of hydrogen-bond donors (Lipinski definition) is 6. The van der Waals surface area contributed by atoms with Gasteiger partial charge in [0.2, 0.25) is 0 Å². The van der Waals surface area contributed by atoms with Gasteiger partial charge in [0.25, 0.3) is 0 Å². The summed E-state index contributed by atoms with van der Waals surface area (Å²) >= 11 is 6.83. The van der Waals surface area contributed by atoms with E-state index >= 15 is 0 Å². The van der Waals surface area contributed by atoms with E-state index in [0.29, 0.717) is 34.8 Å². The predicted octanol–water partition coefficient (Wildman–Crippen LogP) is 17.6. The van der Waals surface area contributed by atoms with E-state index in [4.69, 9.17) is 30.6 Å². The first-order chi connectivity index (χ1) is 65.8. The van der Waals surface area contributed by atoms with Gasteiger partial charge in [0.15, 0.2) is 0 Å². The van der Waals surface area contributed by atoms with Gasteiger partial charge in [-0.25, -0.2) is 0 Å². The van der Waals surface area contributed by atoms with Crippen LogP contribution in [0.2, 0.25) is 0 Å².